The summed E-state index contributed by atoms with van der Waals surface area (Å²) in [6.45, 7) is 7.22. The molecule has 0 saturated carbocycles. The van der Waals surface area contributed by atoms with Crippen LogP contribution in [0.2, 0.25) is 0 Å². The number of rotatable bonds is 3. The van der Waals surface area contributed by atoms with Crippen LogP contribution in [-0.2, 0) is 19.0 Å². The fourth-order valence-electron chi connectivity index (χ4n) is 1.50. The van der Waals surface area contributed by atoms with Gasteiger partial charge in [-0.3, -0.25) is 4.79 Å². The second kappa shape index (κ2) is 5.00. The van der Waals surface area contributed by atoms with E-state index in [0.717, 1.165) is 0 Å². The lowest BCUT2D eigenvalue weighted by Gasteiger charge is -2.33. The molecule has 0 aromatic rings. The SMILES string of the molecule is C=CO[C@@H]1CC(C)OC[C@@H]1OC(C)=O. The predicted octanol–water partition coefficient (Wildman–Crippen LogP) is 1.26. The zero-order valence-corrected chi connectivity index (χ0v) is 8.56. The van der Waals surface area contributed by atoms with Gasteiger partial charge < -0.3 is 14.2 Å². The number of carbonyl (C=O) groups is 1. The van der Waals surface area contributed by atoms with Crippen molar-refractivity contribution in [3.63, 3.8) is 0 Å². The van der Waals surface area contributed by atoms with Gasteiger partial charge in [0.05, 0.1) is 19.0 Å². The zero-order chi connectivity index (χ0) is 10.6. The summed E-state index contributed by atoms with van der Waals surface area (Å²) in [6.07, 6.45) is 1.76. The maximum atomic E-state index is 10.8. The number of ether oxygens (including phenoxy) is 3. The Morgan fingerprint density at radius 3 is 2.86 bits per heavy atom. The lowest BCUT2D eigenvalue weighted by atomic mass is 10.0. The Morgan fingerprint density at radius 1 is 1.57 bits per heavy atom. The van der Waals surface area contributed by atoms with Crippen molar-refractivity contribution in [2.45, 2.75) is 38.6 Å². The summed E-state index contributed by atoms with van der Waals surface area (Å²) in [4.78, 5) is 10.8. The standard InChI is InChI=1S/C10H16O4/c1-4-12-9-5-7(2)13-6-10(9)14-8(3)11/h4,7,9-10H,1,5-6H2,2-3H3/t7?,9-,10+/m1/s1. The first-order valence-electron chi connectivity index (χ1n) is 4.68. The van der Waals surface area contributed by atoms with Crippen LogP contribution in [0.4, 0.5) is 0 Å². The molecule has 3 atom stereocenters. The Labute approximate surface area is 83.8 Å². The van der Waals surface area contributed by atoms with E-state index in [1.807, 2.05) is 6.92 Å². The molecule has 0 spiro atoms. The van der Waals surface area contributed by atoms with Crippen LogP contribution >= 0.6 is 0 Å². The van der Waals surface area contributed by atoms with Crippen molar-refractivity contribution in [3.8, 4) is 0 Å². The van der Waals surface area contributed by atoms with Crippen molar-refractivity contribution in [2.24, 2.45) is 0 Å². The van der Waals surface area contributed by atoms with Crippen LogP contribution in [0.15, 0.2) is 12.8 Å². The molecule has 1 heterocycles. The lowest BCUT2D eigenvalue weighted by Crippen LogP contribution is -2.43. The molecular weight excluding hydrogens is 184 g/mol. The monoisotopic (exact) mass is 200 g/mol. The average molecular weight is 200 g/mol. The van der Waals surface area contributed by atoms with Crippen molar-refractivity contribution in [3.05, 3.63) is 12.8 Å². The highest BCUT2D eigenvalue weighted by Gasteiger charge is 2.32. The molecule has 0 aliphatic carbocycles. The lowest BCUT2D eigenvalue weighted by molar-refractivity contribution is -0.171. The molecule has 0 aromatic heterocycles. The molecule has 1 aliphatic heterocycles. The van der Waals surface area contributed by atoms with Gasteiger partial charge in [-0.05, 0) is 6.92 Å². The molecule has 1 rings (SSSR count). The van der Waals surface area contributed by atoms with Crippen molar-refractivity contribution >= 4 is 5.97 Å². The Balaban J connectivity index is 2.52. The first-order valence-corrected chi connectivity index (χ1v) is 4.68. The molecule has 1 aliphatic rings. The largest absolute Gasteiger partial charge is 0.495 e. The highest BCUT2D eigenvalue weighted by molar-refractivity contribution is 5.66. The van der Waals surface area contributed by atoms with E-state index < -0.39 is 0 Å². The molecule has 1 fully saturated rings. The van der Waals surface area contributed by atoms with Crippen LogP contribution in [-0.4, -0.2) is 30.9 Å². The van der Waals surface area contributed by atoms with Crippen molar-refractivity contribution in [1.82, 2.24) is 0 Å². The Hall–Kier alpha value is -1.03. The molecular formula is C10H16O4. The molecule has 4 nitrogen and oxygen atoms in total. The number of esters is 1. The van der Waals surface area contributed by atoms with E-state index in [-0.39, 0.29) is 24.3 Å². The van der Waals surface area contributed by atoms with E-state index in [9.17, 15) is 4.79 Å². The van der Waals surface area contributed by atoms with Gasteiger partial charge >= 0.3 is 5.97 Å². The topological polar surface area (TPSA) is 44.8 Å². The number of carbonyl (C=O) groups excluding carboxylic acids is 1. The number of hydrogen-bond acceptors (Lipinski definition) is 4. The second-order valence-corrected chi connectivity index (χ2v) is 3.37. The highest BCUT2D eigenvalue weighted by atomic mass is 16.6. The smallest absolute Gasteiger partial charge is 0.303 e. The van der Waals surface area contributed by atoms with Gasteiger partial charge in [-0.25, -0.2) is 0 Å². The average Bonchev–Trinajstić information content (AvgIpc) is 2.09. The quantitative estimate of drug-likeness (QED) is 0.508. The summed E-state index contributed by atoms with van der Waals surface area (Å²) in [5.41, 5.74) is 0. The van der Waals surface area contributed by atoms with Crippen LogP contribution in [0.1, 0.15) is 20.3 Å². The van der Waals surface area contributed by atoms with Crippen LogP contribution in [0, 0.1) is 0 Å². The van der Waals surface area contributed by atoms with Gasteiger partial charge in [0.25, 0.3) is 0 Å². The summed E-state index contributed by atoms with van der Waals surface area (Å²) in [5.74, 6) is -0.314. The van der Waals surface area contributed by atoms with Gasteiger partial charge in [0.15, 0.2) is 6.10 Å². The van der Waals surface area contributed by atoms with E-state index in [1.165, 1.54) is 13.2 Å². The third-order valence-electron chi connectivity index (χ3n) is 2.11. The fourth-order valence-corrected chi connectivity index (χ4v) is 1.50. The van der Waals surface area contributed by atoms with Crippen LogP contribution in [0.3, 0.4) is 0 Å². The van der Waals surface area contributed by atoms with Crippen molar-refractivity contribution < 1.29 is 19.0 Å². The normalized spacial score (nSPS) is 32.0. The van der Waals surface area contributed by atoms with Gasteiger partial charge in [-0.2, -0.15) is 0 Å². The maximum Gasteiger partial charge on any atom is 0.303 e. The molecule has 1 unspecified atom stereocenters. The van der Waals surface area contributed by atoms with Crippen LogP contribution in [0.5, 0.6) is 0 Å². The molecule has 1 saturated heterocycles. The highest BCUT2D eigenvalue weighted by Crippen LogP contribution is 2.19. The Morgan fingerprint density at radius 2 is 2.29 bits per heavy atom. The molecule has 4 heteroatoms. The van der Waals surface area contributed by atoms with Crippen LogP contribution in [0.25, 0.3) is 0 Å². The van der Waals surface area contributed by atoms with E-state index in [0.29, 0.717) is 13.0 Å². The summed E-state index contributed by atoms with van der Waals surface area (Å²) in [5, 5.41) is 0. The molecule has 14 heavy (non-hydrogen) atoms. The van der Waals surface area contributed by atoms with Gasteiger partial charge in [0, 0.05) is 13.3 Å². The minimum atomic E-state index is -0.318. The molecule has 0 bridgehead atoms. The van der Waals surface area contributed by atoms with Gasteiger partial charge in [-0.15, -0.1) is 0 Å². The van der Waals surface area contributed by atoms with E-state index in [4.69, 9.17) is 14.2 Å². The third kappa shape index (κ3) is 3.03. The van der Waals surface area contributed by atoms with E-state index in [1.54, 1.807) is 0 Å². The summed E-state index contributed by atoms with van der Waals surface area (Å²) in [7, 11) is 0. The van der Waals surface area contributed by atoms with Crippen molar-refractivity contribution in [2.75, 3.05) is 6.61 Å². The molecule has 0 amide bonds. The second-order valence-electron chi connectivity index (χ2n) is 3.37. The summed E-state index contributed by atoms with van der Waals surface area (Å²) in [6, 6.07) is 0. The predicted molar refractivity (Wildman–Crippen MR) is 50.7 cm³/mol. The van der Waals surface area contributed by atoms with E-state index in [2.05, 4.69) is 6.58 Å². The third-order valence-corrected chi connectivity index (χ3v) is 2.11. The van der Waals surface area contributed by atoms with E-state index >= 15 is 0 Å². The van der Waals surface area contributed by atoms with Gasteiger partial charge in [0.2, 0.25) is 0 Å². The minimum Gasteiger partial charge on any atom is -0.495 e. The Kier molecular flexibility index (Phi) is 3.95. The maximum absolute atomic E-state index is 10.8. The summed E-state index contributed by atoms with van der Waals surface area (Å²) >= 11 is 0. The molecule has 80 valence electrons. The fraction of sp³-hybridized carbons (Fsp3) is 0.700. The molecule has 0 aromatic carbocycles. The van der Waals surface area contributed by atoms with Crippen LogP contribution < -0.4 is 0 Å². The first kappa shape index (κ1) is 11.0. The Bertz CT molecular complexity index is 214. The first-order chi connectivity index (χ1) is 6.63. The zero-order valence-electron chi connectivity index (χ0n) is 8.56. The molecule has 0 radical (unpaired) electrons. The van der Waals surface area contributed by atoms with Crippen molar-refractivity contribution in [1.29, 1.82) is 0 Å². The molecule has 0 N–H and O–H groups in total. The number of hydrogen-bond donors (Lipinski definition) is 0. The summed E-state index contributed by atoms with van der Waals surface area (Å²) < 4.78 is 15.7. The van der Waals surface area contributed by atoms with Gasteiger partial charge in [0.1, 0.15) is 6.10 Å². The van der Waals surface area contributed by atoms with Gasteiger partial charge in [-0.1, -0.05) is 6.58 Å². The minimum absolute atomic E-state index is 0.131.